The third-order valence-corrected chi connectivity index (χ3v) is 6.26. The second-order valence-electron chi connectivity index (χ2n) is 4.67. The zero-order valence-electron chi connectivity index (χ0n) is 11.4. The van der Waals surface area contributed by atoms with E-state index >= 15 is 0 Å². The minimum absolute atomic E-state index is 0.176. The van der Waals surface area contributed by atoms with E-state index in [0.717, 1.165) is 29.7 Å². The molecule has 2 aromatic rings. The van der Waals surface area contributed by atoms with Crippen molar-refractivity contribution >= 4 is 56.4 Å². The quantitative estimate of drug-likeness (QED) is 0.698. The Morgan fingerprint density at radius 3 is 2.77 bits per heavy atom. The number of rotatable bonds is 5. The number of aromatic nitrogens is 2. The topological polar surface area (TPSA) is 124 Å². The van der Waals surface area contributed by atoms with Gasteiger partial charge in [0.05, 0.1) is 11.3 Å². The molecule has 0 atom stereocenters. The Labute approximate surface area is 138 Å². The molecule has 2 amide bonds. The van der Waals surface area contributed by atoms with Crippen molar-refractivity contribution in [3.63, 3.8) is 0 Å². The molecule has 1 aliphatic carbocycles. The molecule has 0 fully saturated rings. The van der Waals surface area contributed by atoms with E-state index in [0.29, 0.717) is 20.0 Å². The Hall–Kier alpha value is -1.65. The van der Waals surface area contributed by atoms with Crippen molar-refractivity contribution in [3.8, 4) is 0 Å². The van der Waals surface area contributed by atoms with E-state index in [9.17, 15) is 9.59 Å². The number of carbonyl (C=O) groups is 2. The lowest BCUT2D eigenvalue weighted by Crippen LogP contribution is -2.18. The number of amides is 2. The smallest absolute Gasteiger partial charge is 0.251 e. The zero-order valence-corrected chi connectivity index (χ0v) is 13.9. The van der Waals surface area contributed by atoms with Crippen molar-refractivity contribution in [2.75, 3.05) is 16.8 Å². The number of anilines is 2. The molecule has 0 radical (unpaired) electrons. The molecule has 0 bridgehead atoms. The molecule has 0 spiro atoms. The van der Waals surface area contributed by atoms with Gasteiger partial charge in [-0.15, -0.1) is 21.5 Å². The Morgan fingerprint density at radius 2 is 2.09 bits per heavy atom. The number of thiophene rings is 1. The van der Waals surface area contributed by atoms with E-state index < -0.39 is 5.91 Å². The summed E-state index contributed by atoms with van der Waals surface area (Å²) >= 11 is 3.93. The maximum absolute atomic E-state index is 12.0. The highest BCUT2D eigenvalue weighted by Gasteiger charge is 2.26. The normalized spacial score (nSPS) is 13.1. The minimum Gasteiger partial charge on any atom is -0.374 e. The van der Waals surface area contributed by atoms with Crippen molar-refractivity contribution in [1.82, 2.24) is 10.2 Å². The lowest BCUT2D eigenvalue weighted by molar-refractivity contribution is -0.113. The first kappa shape index (κ1) is 15.3. The lowest BCUT2D eigenvalue weighted by Gasteiger charge is -2.05. The van der Waals surface area contributed by atoms with Gasteiger partial charge in [0.2, 0.25) is 11.0 Å². The van der Waals surface area contributed by atoms with Crippen LogP contribution in [0, 0.1) is 0 Å². The molecule has 0 aliphatic heterocycles. The second kappa shape index (κ2) is 6.23. The monoisotopic (exact) mass is 355 g/mol. The number of nitrogens with one attached hydrogen (secondary N) is 1. The molecule has 2 heterocycles. The van der Waals surface area contributed by atoms with Crippen molar-refractivity contribution < 1.29 is 9.59 Å². The van der Waals surface area contributed by atoms with Crippen molar-refractivity contribution in [3.05, 3.63) is 16.0 Å². The van der Waals surface area contributed by atoms with Crippen LogP contribution in [0.5, 0.6) is 0 Å². The zero-order chi connectivity index (χ0) is 15.7. The summed E-state index contributed by atoms with van der Waals surface area (Å²) in [4.78, 5) is 24.8. The van der Waals surface area contributed by atoms with Crippen LogP contribution in [0.4, 0.5) is 10.1 Å². The van der Waals surface area contributed by atoms with E-state index in [1.54, 1.807) is 0 Å². The standard InChI is InChI=1S/C12H13N5O2S3/c13-9(19)8-5-2-1-3-6(5)21-10(8)15-7(18)4-20-12-17-16-11(14)22-12/h1-4H2,(H2,13,19)(H2,14,16)(H,15,18). The van der Waals surface area contributed by atoms with Crippen LogP contribution >= 0.6 is 34.4 Å². The summed E-state index contributed by atoms with van der Waals surface area (Å²) < 4.78 is 0.636. The van der Waals surface area contributed by atoms with Crippen LogP contribution in [0.25, 0.3) is 0 Å². The third-order valence-electron chi connectivity index (χ3n) is 3.17. The van der Waals surface area contributed by atoms with E-state index in [1.807, 2.05) is 0 Å². The number of hydrogen-bond donors (Lipinski definition) is 3. The fourth-order valence-corrected chi connectivity index (χ4v) is 5.07. The van der Waals surface area contributed by atoms with Crippen LogP contribution in [-0.4, -0.2) is 27.8 Å². The number of primary amides is 1. The van der Waals surface area contributed by atoms with Gasteiger partial charge in [0.1, 0.15) is 5.00 Å². The van der Waals surface area contributed by atoms with Crippen LogP contribution < -0.4 is 16.8 Å². The van der Waals surface area contributed by atoms with Gasteiger partial charge in [-0.1, -0.05) is 23.1 Å². The highest BCUT2D eigenvalue weighted by Crippen LogP contribution is 2.38. The summed E-state index contributed by atoms with van der Waals surface area (Å²) in [5.74, 6) is -0.518. The molecule has 10 heteroatoms. The van der Waals surface area contributed by atoms with Gasteiger partial charge in [0.15, 0.2) is 4.34 Å². The summed E-state index contributed by atoms with van der Waals surface area (Å²) in [5.41, 5.74) is 12.4. The van der Waals surface area contributed by atoms with Crippen LogP contribution in [0.3, 0.4) is 0 Å². The average molecular weight is 355 g/mol. The van der Waals surface area contributed by atoms with Gasteiger partial charge in [-0.2, -0.15) is 0 Å². The molecule has 2 aromatic heterocycles. The first-order valence-corrected chi connectivity index (χ1v) is 9.12. The summed E-state index contributed by atoms with van der Waals surface area (Å²) in [6.45, 7) is 0. The lowest BCUT2D eigenvalue weighted by atomic mass is 10.1. The molecular formula is C12H13N5O2S3. The maximum Gasteiger partial charge on any atom is 0.251 e. The van der Waals surface area contributed by atoms with Gasteiger partial charge in [-0.3, -0.25) is 9.59 Å². The minimum atomic E-state index is -0.487. The number of nitrogen functional groups attached to an aromatic ring is 1. The first-order valence-electron chi connectivity index (χ1n) is 6.50. The van der Waals surface area contributed by atoms with E-state index in [2.05, 4.69) is 15.5 Å². The highest BCUT2D eigenvalue weighted by atomic mass is 32.2. The van der Waals surface area contributed by atoms with Crippen LogP contribution in [-0.2, 0) is 17.6 Å². The summed E-state index contributed by atoms with van der Waals surface area (Å²) in [7, 11) is 0. The fraction of sp³-hybridized carbons (Fsp3) is 0.333. The predicted molar refractivity (Wildman–Crippen MR) is 88.5 cm³/mol. The molecule has 0 aromatic carbocycles. The number of nitrogens with two attached hydrogens (primary N) is 2. The summed E-state index contributed by atoms with van der Waals surface area (Å²) in [6, 6.07) is 0. The molecule has 0 saturated heterocycles. The summed E-state index contributed by atoms with van der Waals surface area (Å²) in [6.07, 6.45) is 2.82. The highest BCUT2D eigenvalue weighted by molar-refractivity contribution is 8.01. The Bertz CT molecular complexity index is 739. The molecule has 7 nitrogen and oxygen atoms in total. The SMILES string of the molecule is NC(=O)c1c(NC(=O)CSc2nnc(N)s2)sc2c1CCC2. The van der Waals surface area contributed by atoms with E-state index in [4.69, 9.17) is 11.5 Å². The predicted octanol–water partition coefficient (Wildman–Crippen LogP) is 1.50. The maximum atomic E-state index is 12.0. The molecule has 0 unspecified atom stereocenters. The third kappa shape index (κ3) is 3.08. The first-order chi connectivity index (χ1) is 10.5. The fourth-order valence-electron chi connectivity index (χ4n) is 2.32. The number of aryl methyl sites for hydroxylation is 1. The molecule has 116 valence electrons. The van der Waals surface area contributed by atoms with E-state index in [1.165, 1.54) is 34.4 Å². The van der Waals surface area contributed by atoms with Gasteiger partial charge in [-0.25, -0.2) is 0 Å². The Morgan fingerprint density at radius 1 is 1.27 bits per heavy atom. The van der Waals surface area contributed by atoms with Gasteiger partial charge in [-0.05, 0) is 24.8 Å². The van der Waals surface area contributed by atoms with Crippen LogP contribution in [0.2, 0.25) is 0 Å². The van der Waals surface area contributed by atoms with E-state index in [-0.39, 0.29) is 11.7 Å². The molecule has 22 heavy (non-hydrogen) atoms. The average Bonchev–Trinajstić information content (AvgIpc) is 3.11. The number of thioether (sulfide) groups is 1. The van der Waals surface area contributed by atoms with Crippen LogP contribution in [0.15, 0.2) is 4.34 Å². The number of fused-ring (bicyclic) bond motifs is 1. The number of hydrogen-bond acceptors (Lipinski definition) is 8. The van der Waals surface area contributed by atoms with Gasteiger partial charge >= 0.3 is 0 Å². The second-order valence-corrected chi connectivity index (χ2v) is 8.01. The molecular weight excluding hydrogens is 342 g/mol. The van der Waals surface area contributed by atoms with Crippen molar-refractivity contribution in [2.24, 2.45) is 5.73 Å². The largest absolute Gasteiger partial charge is 0.374 e. The van der Waals surface area contributed by atoms with Gasteiger partial charge in [0, 0.05) is 4.88 Å². The molecule has 5 N–H and O–H groups in total. The van der Waals surface area contributed by atoms with Crippen LogP contribution in [0.1, 0.15) is 27.2 Å². The Balaban J connectivity index is 1.68. The molecule has 1 aliphatic rings. The molecule has 3 rings (SSSR count). The van der Waals surface area contributed by atoms with Crippen molar-refractivity contribution in [1.29, 1.82) is 0 Å². The summed E-state index contributed by atoms with van der Waals surface area (Å²) in [5, 5.41) is 11.2. The number of carbonyl (C=O) groups excluding carboxylic acids is 2. The van der Waals surface area contributed by atoms with Gasteiger partial charge in [0.25, 0.3) is 5.91 Å². The number of nitrogens with zero attached hydrogens (tertiary/aromatic N) is 2. The van der Waals surface area contributed by atoms with Gasteiger partial charge < -0.3 is 16.8 Å². The Kier molecular flexibility index (Phi) is 4.32. The molecule has 0 saturated carbocycles. The van der Waals surface area contributed by atoms with Crippen molar-refractivity contribution in [2.45, 2.75) is 23.6 Å².